The van der Waals surface area contributed by atoms with Gasteiger partial charge in [0.2, 0.25) is 11.8 Å². The molecule has 0 heterocycles. The van der Waals surface area contributed by atoms with Gasteiger partial charge in [-0.25, -0.2) is 8.78 Å². The molecule has 0 fully saturated rings. The van der Waals surface area contributed by atoms with Crippen molar-refractivity contribution in [2.45, 2.75) is 24.0 Å². The Kier molecular flexibility index (Phi) is 5.92. The van der Waals surface area contributed by atoms with Crippen LogP contribution in [0.1, 0.15) is 13.8 Å². The number of benzene rings is 2. The first kappa shape index (κ1) is 17.9. The number of rotatable bonds is 5. The highest BCUT2D eigenvalue weighted by Crippen LogP contribution is 2.26. The number of halogens is 2. The highest BCUT2D eigenvalue weighted by atomic mass is 32.2. The van der Waals surface area contributed by atoms with Crippen molar-refractivity contribution in [3.05, 3.63) is 54.1 Å². The molecular formula is C17H16F2N2O2S. The maximum absolute atomic E-state index is 13.6. The van der Waals surface area contributed by atoms with E-state index in [0.717, 1.165) is 17.0 Å². The zero-order chi connectivity index (χ0) is 17.7. The van der Waals surface area contributed by atoms with Crippen LogP contribution in [0.5, 0.6) is 0 Å². The molecule has 7 heteroatoms. The zero-order valence-electron chi connectivity index (χ0n) is 13.1. The van der Waals surface area contributed by atoms with Gasteiger partial charge in [-0.05, 0) is 43.3 Å². The van der Waals surface area contributed by atoms with Crippen molar-refractivity contribution in [1.82, 2.24) is 0 Å². The number of carbonyl (C=O) groups is 2. The summed E-state index contributed by atoms with van der Waals surface area (Å²) in [7, 11) is 0. The summed E-state index contributed by atoms with van der Waals surface area (Å²) in [5, 5.41) is 4.35. The van der Waals surface area contributed by atoms with E-state index >= 15 is 0 Å². The van der Waals surface area contributed by atoms with Crippen LogP contribution in [0.25, 0.3) is 0 Å². The fourth-order valence-corrected chi connectivity index (χ4v) is 2.79. The average molecular weight is 350 g/mol. The molecule has 0 spiro atoms. The van der Waals surface area contributed by atoms with Crippen LogP contribution in [0.2, 0.25) is 0 Å². The van der Waals surface area contributed by atoms with E-state index in [1.807, 2.05) is 0 Å². The smallest absolute Gasteiger partial charge is 0.237 e. The van der Waals surface area contributed by atoms with Crippen molar-refractivity contribution in [3.63, 3.8) is 0 Å². The molecule has 2 N–H and O–H groups in total. The van der Waals surface area contributed by atoms with Gasteiger partial charge in [0.15, 0.2) is 0 Å². The SMILES string of the molecule is CC(=O)Nc1ccc(SC(C)C(=O)Nc2c(F)cccc2F)cc1. The van der Waals surface area contributed by atoms with E-state index in [4.69, 9.17) is 0 Å². The normalized spacial score (nSPS) is 11.7. The third kappa shape index (κ3) is 4.79. The minimum Gasteiger partial charge on any atom is -0.326 e. The molecule has 4 nitrogen and oxygen atoms in total. The first-order valence-electron chi connectivity index (χ1n) is 7.16. The second kappa shape index (κ2) is 7.92. The number of thioether (sulfide) groups is 1. The molecular weight excluding hydrogens is 334 g/mol. The number of anilines is 2. The molecule has 2 rings (SSSR count). The van der Waals surface area contributed by atoms with Gasteiger partial charge in [-0.1, -0.05) is 6.07 Å². The molecule has 0 aliphatic heterocycles. The molecule has 0 saturated carbocycles. The second-order valence-corrected chi connectivity index (χ2v) is 6.47. The van der Waals surface area contributed by atoms with Crippen molar-refractivity contribution in [3.8, 4) is 0 Å². The summed E-state index contributed by atoms with van der Waals surface area (Å²) in [5.41, 5.74) is 0.202. The van der Waals surface area contributed by atoms with Crippen LogP contribution < -0.4 is 10.6 Å². The number of amides is 2. The van der Waals surface area contributed by atoms with E-state index in [2.05, 4.69) is 10.6 Å². The molecule has 2 amide bonds. The van der Waals surface area contributed by atoms with Crippen LogP contribution >= 0.6 is 11.8 Å². The van der Waals surface area contributed by atoms with Crippen LogP contribution in [0.15, 0.2) is 47.4 Å². The topological polar surface area (TPSA) is 58.2 Å². The molecule has 2 aromatic carbocycles. The highest BCUT2D eigenvalue weighted by molar-refractivity contribution is 8.00. The third-order valence-electron chi connectivity index (χ3n) is 3.07. The molecule has 0 saturated heterocycles. The first-order valence-corrected chi connectivity index (χ1v) is 8.04. The maximum Gasteiger partial charge on any atom is 0.237 e. The van der Waals surface area contributed by atoms with Crippen LogP contribution in [-0.4, -0.2) is 17.1 Å². The number of hydrogen-bond donors (Lipinski definition) is 2. The summed E-state index contributed by atoms with van der Waals surface area (Å²) < 4.78 is 27.1. The van der Waals surface area contributed by atoms with Crippen molar-refractivity contribution >= 4 is 35.0 Å². The summed E-state index contributed by atoms with van der Waals surface area (Å²) in [6.07, 6.45) is 0. The predicted octanol–water partition coefficient (Wildman–Crippen LogP) is 4.04. The molecule has 1 atom stereocenters. The molecule has 0 bridgehead atoms. The lowest BCUT2D eigenvalue weighted by Crippen LogP contribution is -2.23. The highest BCUT2D eigenvalue weighted by Gasteiger charge is 2.18. The van der Waals surface area contributed by atoms with Gasteiger partial charge in [-0.3, -0.25) is 9.59 Å². The Hall–Kier alpha value is -2.41. The molecule has 1 unspecified atom stereocenters. The fraction of sp³-hybridized carbons (Fsp3) is 0.176. The minimum atomic E-state index is -0.819. The second-order valence-electron chi connectivity index (χ2n) is 5.05. The Balaban J connectivity index is 2.00. The summed E-state index contributed by atoms with van der Waals surface area (Å²) >= 11 is 1.24. The monoisotopic (exact) mass is 350 g/mol. The summed E-state index contributed by atoms with van der Waals surface area (Å²) in [5.74, 6) is -2.31. The van der Waals surface area contributed by atoms with Crippen molar-refractivity contribution in [2.75, 3.05) is 10.6 Å². The molecule has 126 valence electrons. The quantitative estimate of drug-likeness (QED) is 0.800. The van der Waals surface area contributed by atoms with Gasteiger partial charge in [-0.15, -0.1) is 11.8 Å². The van der Waals surface area contributed by atoms with E-state index in [-0.39, 0.29) is 5.91 Å². The van der Waals surface area contributed by atoms with Gasteiger partial charge >= 0.3 is 0 Å². The van der Waals surface area contributed by atoms with Gasteiger partial charge in [0, 0.05) is 17.5 Å². The Labute approximate surface area is 142 Å². The summed E-state index contributed by atoms with van der Waals surface area (Å²) in [6.45, 7) is 3.05. The Morgan fingerprint density at radius 3 is 2.12 bits per heavy atom. The Morgan fingerprint density at radius 1 is 1.00 bits per heavy atom. The van der Waals surface area contributed by atoms with E-state index in [9.17, 15) is 18.4 Å². The lowest BCUT2D eigenvalue weighted by atomic mass is 10.3. The number of carbonyl (C=O) groups excluding carboxylic acids is 2. The number of para-hydroxylation sites is 1. The summed E-state index contributed by atoms with van der Waals surface area (Å²) in [6, 6.07) is 10.3. The number of hydrogen-bond acceptors (Lipinski definition) is 3. The van der Waals surface area contributed by atoms with Crippen LogP contribution in [0, 0.1) is 11.6 Å². The molecule has 0 aromatic heterocycles. The molecule has 24 heavy (non-hydrogen) atoms. The van der Waals surface area contributed by atoms with Crippen molar-refractivity contribution in [1.29, 1.82) is 0 Å². The van der Waals surface area contributed by atoms with Crippen LogP contribution in [-0.2, 0) is 9.59 Å². The van der Waals surface area contributed by atoms with E-state index in [1.165, 1.54) is 24.8 Å². The van der Waals surface area contributed by atoms with Gasteiger partial charge in [0.25, 0.3) is 0 Å². The van der Waals surface area contributed by atoms with Crippen LogP contribution in [0.4, 0.5) is 20.2 Å². The largest absolute Gasteiger partial charge is 0.326 e. The van der Waals surface area contributed by atoms with Gasteiger partial charge in [0.1, 0.15) is 17.3 Å². The van der Waals surface area contributed by atoms with Crippen molar-refractivity contribution < 1.29 is 18.4 Å². The average Bonchev–Trinajstić information content (AvgIpc) is 2.52. The molecule has 2 aromatic rings. The standard InChI is InChI=1S/C17H16F2N2O2S/c1-10(17(23)21-16-14(18)4-3-5-15(16)19)24-13-8-6-12(7-9-13)20-11(2)22/h3-10H,1-2H3,(H,20,22)(H,21,23). The first-order chi connectivity index (χ1) is 11.4. The molecule has 0 aliphatic rings. The maximum atomic E-state index is 13.6. The lowest BCUT2D eigenvalue weighted by Gasteiger charge is -2.13. The lowest BCUT2D eigenvalue weighted by molar-refractivity contribution is -0.115. The zero-order valence-corrected chi connectivity index (χ0v) is 13.9. The Morgan fingerprint density at radius 2 is 1.58 bits per heavy atom. The molecule has 0 radical (unpaired) electrons. The Bertz CT molecular complexity index is 731. The third-order valence-corrected chi connectivity index (χ3v) is 4.18. The van der Waals surface area contributed by atoms with Crippen molar-refractivity contribution in [2.24, 2.45) is 0 Å². The minimum absolute atomic E-state index is 0.171. The van der Waals surface area contributed by atoms with E-state index in [0.29, 0.717) is 5.69 Å². The number of nitrogens with one attached hydrogen (secondary N) is 2. The van der Waals surface area contributed by atoms with Crippen LogP contribution in [0.3, 0.4) is 0 Å². The molecule has 0 aliphatic carbocycles. The fourth-order valence-electron chi connectivity index (χ4n) is 1.92. The van der Waals surface area contributed by atoms with E-state index in [1.54, 1.807) is 31.2 Å². The van der Waals surface area contributed by atoms with E-state index < -0.39 is 28.5 Å². The predicted molar refractivity (Wildman–Crippen MR) is 91.1 cm³/mol. The van der Waals surface area contributed by atoms with Gasteiger partial charge in [-0.2, -0.15) is 0 Å². The van der Waals surface area contributed by atoms with Gasteiger partial charge < -0.3 is 10.6 Å². The summed E-state index contributed by atoms with van der Waals surface area (Å²) in [4.78, 5) is 23.9. The van der Waals surface area contributed by atoms with Gasteiger partial charge in [0.05, 0.1) is 5.25 Å².